The van der Waals surface area contributed by atoms with Crippen LogP contribution in [0.15, 0.2) is 5.38 Å². The summed E-state index contributed by atoms with van der Waals surface area (Å²) in [6.07, 6.45) is 2.27. The summed E-state index contributed by atoms with van der Waals surface area (Å²) < 4.78 is 11.1. The minimum atomic E-state index is 0.289. The number of thiophene rings is 1. The zero-order valence-corrected chi connectivity index (χ0v) is 13.3. The third kappa shape index (κ3) is 3.51. The molecule has 1 aliphatic heterocycles. The number of aromatic nitrogens is 2. The average Bonchev–Trinajstić information content (AvgIpc) is 3.08. The van der Waals surface area contributed by atoms with Crippen molar-refractivity contribution in [1.29, 1.82) is 0 Å². The van der Waals surface area contributed by atoms with Crippen LogP contribution in [0.25, 0.3) is 10.2 Å². The number of fused-ring (bicyclic) bond motifs is 1. The maximum atomic E-state index is 5.77. The van der Waals surface area contributed by atoms with E-state index in [0.717, 1.165) is 61.1 Å². The monoisotopic (exact) mass is 307 g/mol. The zero-order chi connectivity index (χ0) is 14.7. The molecule has 1 N–H and O–H groups in total. The molecule has 114 valence electrons. The lowest BCUT2D eigenvalue weighted by atomic mass is 10.2. The highest BCUT2D eigenvalue weighted by Gasteiger charge is 2.15. The molecular formula is C15H21N3O2S. The minimum Gasteiger partial charge on any atom is -0.379 e. The quantitative estimate of drug-likeness (QED) is 0.832. The number of hydrogen-bond acceptors (Lipinski definition) is 6. The van der Waals surface area contributed by atoms with Crippen LogP contribution >= 0.6 is 11.3 Å². The second-order valence-corrected chi connectivity index (χ2v) is 6.21. The maximum Gasteiger partial charge on any atom is 0.138 e. The molecule has 0 saturated carbocycles. The van der Waals surface area contributed by atoms with E-state index < -0.39 is 0 Å². The molecule has 21 heavy (non-hydrogen) atoms. The van der Waals surface area contributed by atoms with Gasteiger partial charge < -0.3 is 14.8 Å². The van der Waals surface area contributed by atoms with Crippen molar-refractivity contribution in [3.05, 3.63) is 16.8 Å². The second kappa shape index (κ2) is 6.68. The van der Waals surface area contributed by atoms with Gasteiger partial charge in [0.1, 0.15) is 16.5 Å². The van der Waals surface area contributed by atoms with Gasteiger partial charge in [-0.25, -0.2) is 9.97 Å². The van der Waals surface area contributed by atoms with Gasteiger partial charge in [-0.05, 0) is 37.6 Å². The highest BCUT2D eigenvalue weighted by Crippen LogP contribution is 2.29. The highest BCUT2D eigenvalue weighted by atomic mass is 32.1. The lowest BCUT2D eigenvalue weighted by Crippen LogP contribution is -2.15. The van der Waals surface area contributed by atoms with Crippen molar-refractivity contribution in [2.75, 3.05) is 31.7 Å². The van der Waals surface area contributed by atoms with Gasteiger partial charge in [0.25, 0.3) is 0 Å². The minimum absolute atomic E-state index is 0.289. The summed E-state index contributed by atoms with van der Waals surface area (Å²) in [6.45, 7) is 7.23. The molecule has 0 amide bonds. The molecule has 1 atom stereocenters. The molecule has 0 aromatic carbocycles. The van der Waals surface area contributed by atoms with Crippen LogP contribution in [-0.2, 0) is 9.47 Å². The summed E-state index contributed by atoms with van der Waals surface area (Å²) in [5.74, 6) is 1.76. The largest absolute Gasteiger partial charge is 0.379 e. The third-order valence-electron chi connectivity index (χ3n) is 3.58. The number of nitrogens with one attached hydrogen (secondary N) is 1. The summed E-state index contributed by atoms with van der Waals surface area (Å²) in [7, 11) is 0. The molecule has 5 nitrogen and oxygen atoms in total. The molecule has 3 rings (SSSR count). The van der Waals surface area contributed by atoms with Gasteiger partial charge in [0.05, 0.1) is 18.1 Å². The topological polar surface area (TPSA) is 56.3 Å². The van der Waals surface area contributed by atoms with Crippen molar-refractivity contribution in [3.8, 4) is 0 Å². The van der Waals surface area contributed by atoms with Gasteiger partial charge in [-0.1, -0.05) is 0 Å². The SMILES string of the molecule is Cc1nc(NCCCOC2CCOC2)c2c(C)csc2n1. The first kappa shape index (κ1) is 14.7. The van der Waals surface area contributed by atoms with Gasteiger partial charge in [-0.15, -0.1) is 11.3 Å². The van der Waals surface area contributed by atoms with Gasteiger partial charge in [-0.3, -0.25) is 0 Å². The third-order valence-corrected chi connectivity index (χ3v) is 4.57. The Balaban J connectivity index is 1.54. The van der Waals surface area contributed by atoms with Crippen LogP contribution in [0, 0.1) is 13.8 Å². The Labute approximate surface area is 128 Å². The molecule has 2 aromatic rings. The fourth-order valence-electron chi connectivity index (χ4n) is 2.49. The number of nitrogens with zero attached hydrogens (tertiary/aromatic N) is 2. The standard InChI is InChI=1S/C15H21N3O2S/c1-10-9-21-15-13(10)14(17-11(2)18-15)16-5-3-6-20-12-4-7-19-8-12/h9,12H,3-8H2,1-2H3,(H,16,17,18). The summed E-state index contributed by atoms with van der Waals surface area (Å²) in [5.41, 5.74) is 1.23. The molecule has 1 unspecified atom stereocenters. The molecule has 0 bridgehead atoms. The lowest BCUT2D eigenvalue weighted by molar-refractivity contribution is 0.0427. The Hall–Kier alpha value is -1.24. The van der Waals surface area contributed by atoms with Crippen molar-refractivity contribution >= 4 is 27.4 Å². The second-order valence-electron chi connectivity index (χ2n) is 5.36. The Morgan fingerprint density at radius 3 is 3.14 bits per heavy atom. The highest BCUT2D eigenvalue weighted by molar-refractivity contribution is 7.17. The van der Waals surface area contributed by atoms with E-state index in [2.05, 4.69) is 27.6 Å². The molecular weight excluding hydrogens is 286 g/mol. The first-order valence-electron chi connectivity index (χ1n) is 7.39. The first-order valence-corrected chi connectivity index (χ1v) is 8.27. The average molecular weight is 307 g/mol. The van der Waals surface area contributed by atoms with Crippen LogP contribution in [0.3, 0.4) is 0 Å². The number of rotatable bonds is 6. The molecule has 0 spiro atoms. The number of aryl methyl sites for hydroxylation is 2. The fourth-order valence-corrected chi connectivity index (χ4v) is 3.46. The van der Waals surface area contributed by atoms with Crippen LogP contribution in [0.5, 0.6) is 0 Å². The fraction of sp³-hybridized carbons (Fsp3) is 0.600. The van der Waals surface area contributed by atoms with Gasteiger partial charge in [0, 0.05) is 19.8 Å². The van der Waals surface area contributed by atoms with Crippen molar-refractivity contribution < 1.29 is 9.47 Å². The van der Waals surface area contributed by atoms with Gasteiger partial charge in [-0.2, -0.15) is 0 Å². The van der Waals surface area contributed by atoms with Gasteiger partial charge in [0.15, 0.2) is 0 Å². The molecule has 0 aliphatic carbocycles. The van der Waals surface area contributed by atoms with E-state index in [4.69, 9.17) is 9.47 Å². The predicted molar refractivity (Wildman–Crippen MR) is 85.2 cm³/mol. The molecule has 2 aromatic heterocycles. The van der Waals surface area contributed by atoms with E-state index in [-0.39, 0.29) is 6.10 Å². The zero-order valence-electron chi connectivity index (χ0n) is 12.5. The molecule has 1 fully saturated rings. The van der Waals surface area contributed by atoms with E-state index in [1.54, 1.807) is 11.3 Å². The lowest BCUT2D eigenvalue weighted by Gasteiger charge is -2.11. The Kier molecular flexibility index (Phi) is 4.67. The van der Waals surface area contributed by atoms with Crippen LogP contribution < -0.4 is 5.32 Å². The predicted octanol–water partition coefficient (Wildman–Crippen LogP) is 2.92. The summed E-state index contributed by atoms with van der Waals surface area (Å²) in [6, 6.07) is 0. The molecule has 1 saturated heterocycles. The van der Waals surface area contributed by atoms with Gasteiger partial charge in [0.2, 0.25) is 0 Å². The summed E-state index contributed by atoms with van der Waals surface area (Å²) >= 11 is 1.67. The van der Waals surface area contributed by atoms with E-state index in [1.807, 2.05) is 6.92 Å². The summed E-state index contributed by atoms with van der Waals surface area (Å²) in [4.78, 5) is 10.1. The normalized spacial score (nSPS) is 18.5. The number of anilines is 1. The van der Waals surface area contributed by atoms with Crippen molar-refractivity contribution in [3.63, 3.8) is 0 Å². The van der Waals surface area contributed by atoms with Crippen LogP contribution in [0.4, 0.5) is 5.82 Å². The van der Waals surface area contributed by atoms with Crippen molar-refractivity contribution in [2.24, 2.45) is 0 Å². The van der Waals surface area contributed by atoms with E-state index >= 15 is 0 Å². The Bertz CT molecular complexity index is 608. The Morgan fingerprint density at radius 2 is 2.33 bits per heavy atom. The van der Waals surface area contributed by atoms with Crippen LogP contribution in [0.1, 0.15) is 24.2 Å². The van der Waals surface area contributed by atoms with Crippen molar-refractivity contribution in [2.45, 2.75) is 32.8 Å². The number of ether oxygens (including phenoxy) is 2. The van der Waals surface area contributed by atoms with E-state index in [1.165, 1.54) is 5.56 Å². The first-order chi connectivity index (χ1) is 10.2. The Morgan fingerprint density at radius 1 is 1.43 bits per heavy atom. The molecule has 6 heteroatoms. The van der Waals surface area contributed by atoms with Gasteiger partial charge >= 0.3 is 0 Å². The van der Waals surface area contributed by atoms with Crippen LogP contribution in [0.2, 0.25) is 0 Å². The number of hydrogen-bond donors (Lipinski definition) is 1. The molecule has 3 heterocycles. The molecule has 0 radical (unpaired) electrons. The van der Waals surface area contributed by atoms with E-state index in [9.17, 15) is 0 Å². The smallest absolute Gasteiger partial charge is 0.138 e. The van der Waals surface area contributed by atoms with Crippen LogP contribution in [-0.4, -0.2) is 42.4 Å². The summed E-state index contributed by atoms with van der Waals surface area (Å²) in [5, 5.41) is 6.71. The maximum absolute atomic E-state index is 5.77. The van der Waals surface area contributed by atoms with E-state index in [0.29, 0.717) is 0 Å². The molecule has 1 aliphatic rings. The van der Waals surface area contributed by atoms with Crippen molar-refractivity contribution in [1.82, 2.24) is 9.97 Å².